The van der Waals surface area contributed by atoms with Crippen molar-refractivity contribution in [3.8, 4) is 0 Å². The maximum Gasteiger partial charge on any atom is 0.0897 e. The predicted molar refractivity (Wildman–Crippen MR) is 80.1 cm³/mol. The lowest BCUT2D eigenvalue weighted by Crippen LogP contribution is -2.42. The van der Waals surface area contributed by atoms with Gasteiger partial charge in [-0.25, -0.2) is 4.98 Å². The summed E-state index contributed by atoms with van der Waals surface area (Å²) in [6, 6.07) is 0.611. The number of hydrogen-bond donors (Lipinski definition) is 1. The second-order valence-electron chi connectivity index (χ2n) is 5.10. The summed E-state index contributed by atoms with van der Waals surface area (Å²) >= 11 is 1.72. The molecule has 0 bridgehead atoms. The first kappa shape index (κ1) is 15.6. The molecule has 0 fully saturated rings. The minimum absolute atomic E-state index is 0.611. The summed E-state index contributed by atoms with van der Waals surface area (Å²) in [5.74, 6) is 0.768. The maximum atomic E-state index is 4.48. The fourth-order valence-electron chi connectivity index (χ4n) is 2.44. The maximum absolute atomic E-state index is 4.48. The summed E-state index contributed by atoms with van der Waals surface area (Å²) in [7, 11) is 4.36. The van der Waals surface area contributed by atoms with Crippen LogP contribution in [0.15, 0.2) is 5.38 Å². The second kappa shape index (κ2) is 7.87. The highest BCUT2D eigenvalue weighted by Crippen LogP contribution is 2.16. The van der Waals surface area contributed by atoms with Crippen LogP contribution in [-0.2, 0) is 6.54 Å². The smallest absolute Gasteiger partial charge is 0.0897 e. The summed E-state index contributed by atoms with van der Waals surface area (Å²) in [5.41, 5.74) is 1.17. The van der Waals surface area contributed by atoms with Gasteiger partial charge in [0.05, 0.1) is 10.7 Å². The molecule has 0 aliphatic heterocycles. The van der Waals surface area contributed by atoms with Gasteiger partial charge in [-0.3, -0.25) is 0 Å². The molecule has 1 N–H and O–H groups in total. The summed E-state index contributed by atoms with van der Waals surface area (Å²) in [4.78, 5) is 6.82. The van der Waals surface area contributed by atoms with Gasteiger partial charge in [0, 0.05) is 24.5 Å². The van der Waals surface area contributed by atoms with Gasteiger partial charge in [-0.15, -0.1) is 11.3 Å². The molecule has 1 aromatic rings. The lowest BCUT2D eigenvalue weighted by atomic mass is 9.93. The number of aryl methyl sites for hydroxylation is 1. The van der Waals surface area contributed by atoms with Crippen LogP contribution in [0.3, 0.4) is 0 Å². The number of rotatable bonds is 8. The standard InChI is InChI=1S/C14H27N3S/c1-6-12(7-2)14(17(4)5)9-15-8-13-10-18-11(3)16-13/h10,12,14-15H,6-9H2,1-5H3. The molecule has 1 rings (SSSR count). The summed E-state index contributed by atoms with van der Waals surface area (Å²) in [5, 5.41) is 6.84. The van der Waals surface area contributed by atoms with Gasteiger partial charge in [0.25, 0.3) is 0 Å². The van der Waals surface area contributed by atoms with Crippen molar-refractivity contribution in [3.05, 3.63) is 16.1 Å². The molecule has 0 spiro atoms. The molecular formula is C14H27N3S. The Morgan fingerprint density at radius 3 is 2.44 bits per heavy atom. The predicted octanol–water partition coefficient (Wildman–Crippen LogP) is 2.91. The van der Waals surface area contributed by atoms with E-state index in [0.29, 0.717) is 6.04 Å². The Hall–Kier alpha value is -0.450. The lowest BCUT2D eigenvalue weighted by Gasteiger charge is -2.31. The van der Waals surface area contributed by atoms with E-state index in [0.717, 1.165) is 24.0 Å². The number of hydrogen-bond acceptors (Lipinski definition) is 4. The molecule has 1 heterocycles. The normalized spacial score (nSPS) is 13.5. The molecule has 104 valence electrons. The molecule has 0 aliphatic carbocycles. The average Bonchev–Trinajstić information content (AvgIpc) is 2.74. The van der Waals surface area contributed by atoms with Gasteiger partial charge in [-0.1, -0.05) is 26.7 Å². The largest absolute Gasteiger partial charge is 0.310 e. The van der Waals surface area contributed by atoms with Gasteiger partial charge in [0.1, 0.15) is 0 Å². The zero-order chi connectivity index (χ0) is 13.5. The number of thiazole rings is 1. The Labute approximate surface area is 116 Å². The Morgan fingerprint density at radius 2 is 2.00 bits per heavy atom. The van der Waals surface area contributed by atoms with E-state index in [-0.39, 0.29) is 0 Å². The zero-order valence-electron chi connectivity index (χ0n) is 12.4. The van der Waals surface area contributed by atoms with Crippen LogP contribution in [0.25, 0.3) is 0 Å². The molecule has 4 heteroatoms. The van der Waals surface area contributed by atoms with Gasteiger partial charge in [-0.05, 0) is 26.9 Å². The molecule has 3 nitrogen and oxygen atoms in total. The molecular weight excluding hydrogens is 242 g/mol. The Balaban J connectivity index is 2.42. The van der Waals surface area contributed by atoms with E-state index in [4.69, 9.17) is 0 Å². The monoisotopic (exact) mass is 269 g/mol. The second-order valence-corrected chi connectivity index (χ2v) is 6.16. The van der Waals surface area contributed by atoms with Gasteiger partial charge in [0.2, 0.25) is 0 Å². The topological polar surface area (TPSA) is 28.2 Å². The molecule has 0 amide bonds. The van der Waals surface area contributed by atoms with Crippen molar-refractivity contribution in [2.24, 2.45) is 5.92 Å². The molecule has 1 aromatic heterocycles. The first-order valence-corrected chi connectivity index (χ1v) is 7.74. The van der Waals surface area contributed by atoms with Crippen molar-refractivity contribution in [2.45, 2.75) is 46.2 Å². The molecule has 1 unspecified atom stereocenters. The SMILES string of the molecule is CCC(CC)C(CNCc1csc(C)n1)N(C)C. The van der Waals surface area contributed by atoms with E-state index in [1.807, 2.05) is 0 Å². The van der Waals surface area contributed by atoms with E-state index in [1.165, 1.54) is 18.5 Å². The van der Waals surface area contributed by atoms with Crippen LogP contribution in [-0.4, -0.2) is 36.6 Å². The van der Waals surface area contributed by atoms with Crippen molar-refractivity contribution in [3.63, 3.8) is 0 Å². The molecule has 0 radical (unpaired) electrons. The quantitative estimate of drug-likeness (QED) is 0.786. The van der Waals surface area contributed by atoms with E-state index >= 15 is 0 Å². The van der Waals surface area contributed by atoms with Crippen molar-refractivity contribution in [2.75, 3.05) is 20.6 Å². The summed E-state index contributed by atoms with van der Waals surface area (Å²) < 4.78 is 0. The van der Waals surface area contributed by atoms with Crippen molar-refractivity contribution >= 4 is 11.3 Å². The van der Waals surface area contributed by atoms with Crippen LogP contribution >= 0.6 is 11.3 Å². The minimum atomic E-state index is 0.611. The van der Waals surface area contributed by atoms with Crippen LogP contribution in [0.5, 0.6) is 0 Å². The van der Waals surface area contributed by atoms with Crippen LogP contribution in [0, 0.1) is 12.8 Å². The average molecular weight is 269 g/mol. The highest BCUT2D eigenvalue weighted by Gasteiger charge is 2.19. The molecule has 1 atom stereocenters. The highest BCUT2D eigenvalue weighted by atomic mass is 32.1. The van der Waals surface area contributed by atoms with Gasteiger partial charge in [-0.2, -0.15) is 0 Å². The van der Waals surface area contributed by atoms with Crippen LogP contribution < -0.4 is 5.32 Å². The molecule has 0 aromatic carbocycles. The van der Waals surface area contributed by atoms with Crippen LogP contribution in [0.1, 0.15) is 37.4 Å². The Kier molecular flexibility index (Phi) is 6.82. The first-order valence-electron chi connectivity index (χ1n) is 6.86. The van der Waals surface area contributed by atoms with Crippen molar-refractivity contribution in [1.82, 2.24) is 15.2 Å². The Bertz CT molecular complexity index is 332. The van der Waals surface area contributed by atoms with Crippen LogP contribution in [0.4, 0.5) is 0 Å². The molecule has 0 aliphatic rings. The van der Waals surface area contributed by atoms with Crippen molar-refractivity contribution in [1.29, 1.82) is 0 Å². The minimum Gasteiger partial charge on any atom is -0.310 e. The van der Waals surface area contributed by atoms with Gasteiger partial charge in [0.15, 0.2) is 0 Å². The highest BCUT2D eigenvalue weighted by molar-refractivity contribution is 7.09. The van der Waals surface area contributed by atoms with E-state index in [1.54, 1.807) is 11.3 Å². The van der Waals surface area contributed by atoms with E-state index in [2.05, 4.69) is 55.4 Å². The first-order chi connectivity index (χ1) is 8.58. The fraction of sp³-hybridized carbons (Fsp3) is 0.786. The van der Waals surface area contributed by atoms with Crippen LogP contribution in [0.2, 0.25) is 0 Å². The van der Waals surface area contributed by atoms with Gasteiger partial charge < -0.3 is 10.2 Å². The molecule has 18 heavy (non-hydrogen) atoms. The number of likely N-dealkylation sites (N-methyl/N-ethyl adjacent to an activating group) is 1. The lowest BCUT2D eigenvalue weighted by molar-refractivity contribution is 0.194. The zero-order valence-corrected chi connectivity index (χ0v) is 13.2. The summed E-state index contributed by atoms with van der Waals surface area (Å²) in [6.45, 7) is 8.55. The molecule has 0 saturated carbocycles. The van der Waals surface area contributed by atoms with E-state index in [9.17, 15) is 0 Å². The van der Waals surface area contributed by atoms with Gasteiger partial charge >= 0.3 is 0 Å². The number of aromatic nitrogens is 1. The third kappa shape index (κ3) is 4.67. The fourth-order valence-corrected chi connectivity index (χ4v) is 3.05. The third-order valence-corrected chi connectivity index (χ3v) is 4.40. The number of nitrogens with zero attached hydrogens (tertiary/aromatic N) is 2. The third-order valence-electron chi connectivity index (χ3n) is 3.58. The van der Waals surface area contributed by atoms with E-state index < -0.39 is 0 Å². The van der Waals surface area contributed by atoms with Crippen molar-refractivity contribution < 1.29 is 0 Å². The summed E-state index contributed by atoms with van der Waals surface area (Å²) in [6.07, 6.45) is 2.49. The Morgan fingerprint density at radius 1 is 1.33 bits per heavy atom. The molecule has 0 saturated heterocycles. The number of nitrogens with one attached hydrogen (secondary N) is 1.